The Kier molecular flexibility index (Phi) is 5.94. The maximum atomic E-state index is 12.4. The van der Waals surface area contributed by atoms with Crippen LogP contribution in [0.5, 0.6) is 0 Å². The average molecular weight is 323 g/mol. The Hall–Kier alpha value is -0.650. The van der Waals surface area contributed by atoms with Gasteiger partial charge in [0.05, 0.1) is 18.8 Å². The lowest BCUT2D eigenvalue weighted by molar-refractivity contribution is -0.124. The summed E-state index contributed by atoms with van der Waals surface area (Å²) in [5.74, 6) is 1.56. The normalized spacial score (nSPS) is 35.3. The Morgan fingerprint density at radius 1 is 1.35 bits per heavy atom. The van der Waals surface area contributed by atoms with Crippen LogP contribution in [0.4, 0.5) is 0 Å². The maximum absolute atomic E-state index is 12.4. The summed E-state index contributed by atoms with van der Waals surface area (Å²) in [5, 5.41) is 6.68. The van der Waals surface area contributed by atoms with E-state index in [1.807, 2.05) is 0 Å². The number of nitrogens with one attached hydrogen (secondary N) is 2. The first-order valence-corrected chi connectivity index (χ1v) is 9.49. The Bertz CT molecular complexity index is 388. The maximum Gasteiger partial charge on any atom is 0.237 e. The molecule has 0 aromatic carbocycles. The highest BCUT2D eigenvalue weighted by atomic mass is 16.5. The second-order valence-corrected chi connectivity index (χ2v) is 8.00. The lowest BCUT2D eigenvalue weighted by atomic mass is 9.85. The third kappa shape index (κ3) is 4.68. The van der Waals surface area contributed by atoms with Crippen molar-refractivity contribution in [3.8, 4) is 0 Å². The molecule has 0 aromatic rings. The summed E-state index contributed by atoms with van der Waals surface area (Å²) in [5.41, 5.74) is 0. The van der Waals surface area contributed by atoms with Crippen LogP contribution in [-0.4, -0.2) is 61.8 Å². The second kappa shape index (κ2) is 7.95. The fourth-order valence-corrected chi connectivity index (χ4v) is 4.44. The molecular weight excluding hydrogens is 290 g/mol. The van der Waals surface area contributed by atoms with Gasteiger partial charge in [0.2, 0.25) is 5.91 Å². The number of ether oxygens (including phenoxy) is 1. The van der Waals surface area contributed by atoms with Crippen LogP contribution in [-0.2, 0) is 9.53 Å². The van der Waals surface area contributed by atoms with Crippen molar-refractivity contribution < 1.29 is 9.53 Å². The molecule has 5 nitrogen and oxygen atoms in total. The molecule has 0 spiro atoms. The van der Waals surface area contributed by atoms with Crippen LogP contribution in [0, 0.1) is 11.8 Å². The van der Waals surface area contributed by atoms with Gasteiger partial charge in [-0.15, -0.1) is 0 Å². The monoisotopic (exact) mass is 323 g/mol. The molecule has 0 aromatic heterocycles. The first kappa shape index (κ1) is 17.2. The number of carbonyl (C=O) groups is 1. The number of hydrogen-bond donors (Lipinski definition) is 2. The van der Waals surface area contributed by atoms with E-state index in [4.69, 9.17) is 4.74 Å². The van der Waals surface area contributed by atoms with E-state index >= 15 is 0 Å². The third-order valence-corrected chi connectivity index (χ3v) is 5.53. The molecule has 23 heavy (non-hydrogen) atoms. The molecule has 0 radical (unpaired) electrons. The molecular formula is C18H33N3O2. The molecule has 2 aliphatic heterocycles. The zero-order chi connectivity index (χ0) is 16.2. The summed E-state index contributed by atoms with van der Waals surface area (Å²) in [6.07, 6.45) is 6.32. The van der Waals surface area contributed by atoms with Crippen LogP contribution >= 0.6 is 0 Å². The molecule has 1 aliphatic carbocycles. The molecule has 3 aliphatic rings. The minimum absolute atomic E-state index is 0.0125. The highest BCUT2D eigenvalue weighted by Gasteiger charge is 2.38. The standard InChI is InChI=1S/C18H33N3O2/c1-13(2)11-21-7-8-23-15(12-21)10-19-18(22)17-9-14-5-3-4-6-16(14)20-17/h13-17,20H,3-12H2,1-2H3,(H,19,22). The molecule has 4 atom stereocenters. The molecule has 4 unspecified atom stereocenters. The average Bonchev–Trinajstić information content (AvgIpc) is 2.96. The van der Waals surface area contributed by atoms with Gasteiger partial charge in [-0.25, -0.2) is 0 Å². The zero-order valence-electron chi connectivity index (χ0n) is 14.7. The molecule has 3 fully saturated rings. The van der Waals surface area contributed by atoms with E-state index < -0.39 is 0 Å². The highest BCUT2D eigenvalue weighted by molar-refractivity contribution is 5.82. The van der Waals surface area contributed by atoms with Gasteiger partial charge in [0.25, 0.3) is 0 Å². The fourth-order valence-electron chi connectivity index (χ4n) is 4.44. The van der Waals surface area contributed by atoms with Gasteiger partial charge in [0, 0.05) is 32.2 Å². The quantitative estimate of drug-likeness (QED) is 0.803. The van der Waals surface area contributed by atoms with Gasteiger partial charge < -0.3 is 15.4 Å². The van der Waals surface area contributed by atoms with E-state index in [1.54, 1.807) is 0 Å². The van der Waals surface area contributed by atoms with Crippen molar-refractivity contribution in [3.63, 3.8) is 0 Å². The van der Waals surface area contributed by atoms with E-state index in [9.17, 15) is 4.79 Å². The fraction of sp³-hybridized carbons (Fsp3) is 0.944. The summed E-state index contributed by atoms with van der Waals surface area (Å²) in [6.45, 7) is 8.97. The summed E-state index contributed by atoms with van der Waals surface area (Å²) < 4.78 is 5.82. The largest absolute Gasteiger partial charge is 0.374 e. The number of morpholine rings is 1. The van der Waals surface area contributed by atoms with Gasteiger partial charge >= 0.3 is 0 Å². The van der Waals surface area contributed by atoms with E-state index in [2.05, 4.69) is 29.4 Å². The van der Waals surface area contributed by atoms with Crippen LogP contribution in [0.2, 0.25) is 0 Å². The van der Waals surface area contributed by atoms with Gasteiger partial charge in [0.15, 0.2) is 0 Å². The van der Waals surface area contributed by atoms with E-state index in [-0.39, 0.29) is 18.1 Å². The predicted octanol–water partition coefficient (Wildman–Crippen LogP) is 1.38. The highest BCUT2D eigenvalue weighted by Crippen LogP contribution is 2.33. The molecule has 5 heteroatoms. The molecule has 2 heterocycles. The Labute approximate surface area is 140 Å². The lowest BCUT2D eigenvalue weighted by Crippen LogP contribution is -2.50. The van der Waals surface area contributed by atoms with E-state index in [0.29, 0.717) is 24.4 Å². The van der Waals surface area contributed by atoms with Crippen LogP contribution < -0.4 is 10.6 Å². The SMILES string of the molecule is CC(C)CN1CCOC(CNC(=O)C2CC3CCCCC3N2)C1. The number of hydrogen-bond acceptors (Lipinski definition) is 4. The minimum atomic E-state index is 0.0125. The smallest absolute Gasteiger partial charge is 0.237 e. The topological polar surface area (TPSA) is 53.6 Å². The first-order chi connectivity index (χ1) is 11.1. The molecule has 132 valence electrons. The van der Waals surface area contributed by atoms with Gasteiger partial charge in [-0.2, -0.15) is 0 Å². The number of rotatable bonds is 5. The van der Waals surface area contributed by atoms with Crippen molar-refractivity contribution in [2.24, 2.45) is 11.8 Å². The first-order valence-electron chi connectivity index (χ1n) is 9.49. The summed E-state index contributed by atoms with van der Waals surface area (Å²) in [4.78, 5) is 14.9. The van der Waals surface area contributed by atoms with Crippen molar-refractivity contribution in [1.29, 1.82) is 0 Å². The summed E-state index contributed by atoms with van der Waals surface area (Å²) in [6, 6.07) is 0.588. The van der Waals surface area contributed by atoms with Crippen LogP contribution in [0.3, 0.4) is 0 Å². The Balaban J connectivity index is 1.40. The summed E-state index contributed by atoms with van der Waals surface area (Å²) in [7, 11) is 0. The third-order valence-electron chi connectivity index (χ3n) is 5.53. The summed E-state index contributed by atoms with van der Waals surface area (Å²) >= 11 is 0. The molecule has 1 amide bonds. The number of fused-ring (bicyclic) bond motifs is 1. The van der Waals surface area contributed by atoms with Crippen molar-refractivity contribution >= 4 is 5.91 Å². The molecule has 0 bridgehead atoms. The van der Waals surface area contributed by atoms with Gasteiger partial charge in [0.1, 0.15) is 0 Å². The van der Waals surface area contributed by atoms with Crippen molar-refractivity contribution in [1.82, 2.24) is 15.5 Å². The van der Waals surface area contributed by atoms with Gasteiger partial charge in [-0.05, 0) is 31.1 Å². The predicted molar refractivity (Wildman–Crippen MR) is 91.3 cm³/mol. The lowest BCUT2D eigenvalue weighted by Gasteiger charge is -2.34. The number of nitrogens with zero attached hydrogens (tertiary/aromatic N) is 1. The van der Waals surface area contributed by atoms with Crippen LogP contribution in [0.25, 0.3) is 0 Å². The zero-order valence-corrected chi connectivity index (χ0v) is 14.7. The van der Waals surface area contributed by atoms with Crippen LogP contribution in [0.15, 0.2) is 0 Å². The Morgan fingerprint density at radius 3 is 2.96 bits per heavy atom. The van der Waals surface area contributed by atoms with E-state index in [1.165, 1.54) is 25.7 Å². The van der Waals surface area contributed by atoms with Gasteiger partial charge in [-0.1, -0.05) is 26.7 Å². The van der Waals surface area contributed by atoms with Crippen molar-refractivity contribution in [2.45, 2.75) is 64.1 Å². The van der Waals surface area contributed by atoms with E-state index in [0.717, 1.165) is 32.7 Å². The molecule has 2 N–H and O–H groups in total. The minimum Gasteiger partial charge on any atom is -0.374 e. The van der Waals surface area contributed by atoms with Gasteiger partial charge in [-0.3, -0.25) is 9.69 Å². The second-order valence-electron chi connectivity index (χ2n) is 8.00. The van der Waals surface area contributed by atoms with Crippen molar-refractivity contribution in [3.05, 3.63) is 0 Å². The number of amides is 1. The van der Waals surface area contributed by atoms with Crippen LogP contribution in [0.1, 0.15) is 46.0 Å². The van der Waals surface area contributed by atoms with Crippen molar-refractivity contribution in [2.75, 3.05) is 32.8 Å². The number of carbonyl (C=O) groups excluding carboxylic acids is 1. The molecule has 1 saturated carbocycles. The molecule has 2 saturated heterocycles. The Morgan fingerprint density at radius 2 is 2.17 bits per heavy atom. The molecule has 3 rings (SSSR count).